The van der Waals surface area contributed by atoms with Crippen molar-refractivity contribution in [2.75, 3.05) is 39.6 Å². The number of carbonyl (C=O) groups is 4. The maximum atomic E-state index is 13.0. The first kappa shape index (κ1) is 85.1. The number of rotatable bonds is 68. The Morgan fingerprint density at radius 1 is 0.322 bits per heavy atom. The minimum atomic E-state index is -4.95. The number of aliphatic hydroxyl groups is 1. The van der Waals surface area contributed by atoms with Crippen molar-refractivity contribution in [1.82, 2.24) is 0 Å². The normalized spacial score (nSPS) is 14.4. The summed E-state index contributed by atoms with van der Waals surface area (Å²) in [6, 6.07) is 0. The van der Waals surface area contributed by atoms with Gasteiger partial charge in [-0.3, -0.25) is 37.3 Å². The maximum Gasteiger partial charge on any atom is 0.472 e. The Morgan fingerprint density at radius 2 is 0.552 bits per heavy atom. The molecule has 0 aliphatic heterocycles. The quantitative estimate of drug-likeness (QED) is 0.0222. The molecule has 0 heterocycles. The van der Waals surface area contributed by atoms with Crippen molar-refractivity contribution < 1.29 is 80.2 Å². The number of phosphoric ester groups is 2. The Hall–Kier alpha value is -1.94. The van der Waals surface area contributed by atoms with Crippen LogP contribution < -0.4 is 0 Å². The van der Waals surface area contributed by atoms with Gasteiger partial charge in [0.2, 0.25) is 0 Å². The molecule has 0 spiro atoms. The summed E-state index contributed by atoms with van der Waals surface area (Å²) in [6.07, 6.45) is 47.1. The molecule has 3 N–H and O–H groups in total. The van der Waals surface area contributed by atoms with Gasteiger partial charge in [0.05, 0.1) is 26.4 Å². The first-order chi connectivity index (χ1) is 42.1. The van der Waals surface area contributed by atoms with Gasteiger partial charge < -0.3 is 33.8 Å². The van der Waals surface area contributed by atoms with Gasteiger partial charge in [0.15, 0.2) is 12.2 Å². The van der Waals surface area contributed by atoms with Gasteiger partial charge in [-0.05, 0) is 31.6 Å². The molecule has 0 aliphatic carbocycles. The molecule has 516 valence electrons. The van der Waals surface area contributed by atoms with Gasteiger partial charge in [-0.25, -0.2) is 9.13 Å². The number of carbonyl (C=O) groups excluding carboxylic acids is 4. The molecule has 0 aliphatic rings. The molecule has 6 atom stereocenters. The third-order valence-electron chi connectivity index (χ3n) is 16.1. The van der Waals surface area contributed by atoms with Crippen LogP contribution in [0.15, 0.2) is 0 Å². The molecule has 0 saturated heterocycles. The molecule has 0 bridgehead atoms. The second-order valence-electron chi connectivity index (χ2n) is 24.8. The summed E-state index contributed by atoms with van der Waals surface area (Å²) in [5, 5.41) is 10.6. The molecule has 0 amide bonds. The fraction of sp³-hybridized carbons (Fsp3) is 0.941. The lowest BCUT2D eigenvalue weighted by atomic mass is 9.99. The van der Waals surface area contributed by atoms with Crippen LogP contribution >= 0.6 is 15.6 Å². The highest BCUT2D eigenvalue weighted by Crippen LogP contribution is 2.45. The van der Waals surface area contributed by atoms with E-state index in [-0.39, 0.29) is 25.7 Å². The second kappa shape index (κ2) is 61.6. The number of hydrogen-bond acceptors (Lipinski definition) is 15. The Bertz CT molecular complexity index is 1690. The van der Waals surface area contributed by atoms with Crippen molar-refractivity contribution in [2.24, 2.45) is 5.92 Å². The molecule has 0 aromatic heterocycles. The van der Waals surface area contributed by atoms with E-state index in [2.05, 4.69) is 34.6 Å². The van der Waals surface area contributed by atoms with Crippen LogP contribution in [0.25, 0.3) is 0 Å². The highest BCUT2D eigenvalue weighted by atomic mass is 31.2. The number of phosphoric acid groups is 2. The lowest BCUT2D eigenvalue weighted by Crippen LogP contribution is -2.30. The molecular formula is C68H132O17P2. The van der Waals surface area contributed by atoms with Crippen LogP contribution in [-0.2, 0) is 65.4 Å². The van der Waals surface area contributed by atoms with Crippen LogP contribution in [-0.4, -0.2) is 96.7 Å². The lowest BCUT2D eigenvalue weighted by molar-refractivity contribution is -0.161. The monoisotopic (exact) mass is 1280 g/mol. The summed E-state index contributed by atoms with van der Waals surface area (Å²) < 4.78 is 68.1. The third kappa shape index (κ3) is 61.3. The summed E-state index contributed by atoms with van der Waals surface area (Å²) in [5.41, 5.74) is 0. The smallest absolute Gasteiger partial charge is 0.462 e. The highest BCUT2D eigenvalue weighted by molar-refractivity contribution is 7.47. The average molecular weight is 1280 g/mol. The fourth-order valence-corrected chi connectivity index (χ4v) is 11.8. The van der Waals surface area contributed by atoms with Crippen molar-refractivity contribution in [1.29, 1.82) is 0 Å². The fourth-order valence-electron chi connectivity index (χ4n) is 10.3. The van der Waals surface area contributed by atoms with Crippen LogP contribution in [0.4, 0.5) is 0 Å². The predicted octanol–water partition coefficient (Wildman–Crippen LogP) is 19.4. The Labute approximate surface area is 530 Å². The number of unbranched alkanes of at least 4 members (excludes halogenated alkanes) is 39. The standard InChI is InChI=1S/C68H132O17P2/c1-6-10-13-16-19-21-27-32-37-42-47-52-66(71)79-58-64(85-68(73)54-49-44-39-34-30-26-24-23-25-29-31-36-40-45-50-61(5)9-4)60-83-87(76,77)81-56-62(69)55-80-86(74,75)82-59-63(57-78-65(70)51-46-41-35-18-15-12-8-3)84-67(72)53-48-43-38-33-28-22-20-17-14-11-7-2/h61-64,69H,6-60H2,1-5H3,(H,74,75)(H,76,77)/t61?,62-,63+,64+/m0/s1. The van der Waals surface area contributed by atoms with Gasteiger partial charge in [-0.2, -0.15) is 0 Å². The van der Waals surface area contributed by atoms with Gasteiger partial charge in [0, 0.05) is 25.7 Å². The zero-order valence-electron chi connectivity index (χ0n) is 56.2. The number of ether oxygens (including phenoxy) is 4. The molecule has 17 nitrogen and oxygen atoms in total. The Morgan fingerprint density at radius 3 is 0.816 bits per heavy atom. The van der Waals surface area contributed by atoms with E-state index in [0.29, 0.717) is 25.7 Å². The van der Waals surface area contributed by atoms with E-state index >= 15 is 0 Å². The maximum absolute atomic E-state index is 13.0. The predicted molar refractivity (Wildman–Crippen MR) is 349 cm³/mol. The van der Waals surface area contributed by atoms with Crippen molar-refractivity contribution in [2.45, 2.75) is 368 Å². The zero-order chi connectivity index (χ0) is 64.2. The van der Waals surface area contributed by atoms with Crippen molar-refractivity contribution >= 4 is 39.5 Å². The molecule has 87 heavy (non-hydrogen) atoms. The van der Waals surface area contributed by atoms with Crippen molar-refractivity contribution in [3.8, 4) is 0 Å². The van der Waals surface area contributed by atoms with Gasteiger partial charge in [0.1, 0.15) is 19.3 Å². The van der Waals surface area contributed by atoms with Crippen molar-refractivity contribution in [3.63, 3.8) is 0 Å². The first-order valence-electron chi connectivity index (χ1n) is 35.7. The zero-order valence-corrected chi connectivity index (χ0v) is 57.9. The molecule has 3 unspecified atom stereocenters. The van der Waals surface area contributed by atoms with Crippen LogP contribution in [0, 0.1) is 5.92 Å². The summed E-state index contributed by atoms with van der Waals surface area (Å²) in [7, 11) is -9.89. The van der Waals surface area contributed by atoms with Crippen LogP contribution in [0.1, 0.15) is 349 Å². The Kier molecular flexibility index (Phi) is 60.2. The van der Waals surface area contributed by atoms with E-state index in [0.717, 1.165) is 109 Å². The van der Waals surface area contributed by atoms with E-state index in [9.17, 15) is 43.2 Å². The van der Waals surface area contributed by atoms with E-state index < -0.39 is 97.5 Å². The van der Waals surface area contributed by atoms with Gasteiger partial charge in [0.25, 0.3) is 0 Å². The van der Waals surface area contributed by atoms with E-state index in [1.165, 1.54) is 161 Å². The number of hydrogen-bond donors (Lipinski definition) is 3. The molecular weight excluding hydrogens is 1150 g/mol. The van der Waals surface area contributed by atoms with Gasteiger partial charge in [-0.1, -0.05) is 298 Å². The summed E-state index contributed by atoms with van der Waals surface area (Å²) in [5.74, 6) is -1.28. The second-order valence-corrected chi connectivity index (χ2v) is 27.7. The van der Waals surface area contributed by atoms with E-state index in [1.807, 2.05) is 0 Å². The van der Waals surface area contributed by atoms with E-state index in [4.69, 9.17) is 37.0 Å². The Balaban J connectivity index is 5.18. The summed E-state index contributed by atoms with van der Waals surface area (Å²) in [4.78, 5) is 72.3. The topological polar surface area (TPSA) is 237 Å². The van der Waals surface area contributed by atoms with Crippen LogP contribution in [0.3, 0.4) is 0 Å². The van der Waals surface area contributed by atoms with E-state index in [1.54, 1.807) is 0 Å². The molecule has 0 radical (unpaired) electrons. The third-order valence-corrected chi connectivity index (χ3v) is 18.0. The minimum absolute atomic E-state index is 0.107. The molecule has 0 aromatic carbocycles. The van der Waals surface area contributed by atoms with Gasteiger partial charge >= 0.3 is 39.5 Å². The average Bonchev–Trinajstić information content (AvgIpc) is 3.64. The van der Waals surface area contributed by atoms with Crippen LogP contribution in [0.2, 0.25) is 0 Å². The summed E-state index contributed by atoms with van der Waals surface area (Å²) >= 11 is 0. The first-order valence-corrected chi connectivity index (χ1v) is 38.7. The molecule has 0 rings (SSSR count). The van der Waals surface area contributed by atoms with Crippen molar-refractivity contribution in [3.05, 3.63) is 0 Å². The SMILES string of the molecule is CCCCCCCCCCCCCC(=O)OC[C@H](COP(=O)(O)OC[C@@H](O)COP(=O)(O)OC[C@@H](COC(=O)CCCCCCCCC)OC(=O)CCCCCCCCCCCCC)OC(=O)CCCCCCCCCCCCCCCCC(C)CC. The highest BCUT2D eigenvalue weighted by Gasteiger charge is 2.30. The molecule has 0 aromatic rings. The lowest BCUT2D eigenvalue weighted by Gasteiger charge is -2.21. The number of esters is 4. The molecule has 19 heteroatoms. The summed E-state index contributed by atoms with van der Waals surface area (Å²) in [6.45, 7) is 7.24. The molecule has 0 fully saturated rings. The minimum Gasteiger partial charge on any atom is -0.462 e. The number of aliphatic hydroxyl groups excluding tert-OH is 1. The van der Waals surface area contributed by atoms with Crippen LogP contribution in [0.5, 0.6) is 0 Å². The largest absolute Gasteiger partial charge is 0.472 e. The van der Waals surface area contributed by atoms with Gasteiger partial charge in [-0.15, -0.1) is 0 Å². The molecule has 0 saturated carbocycles.